The van der Waals surface area contributed by atoms with Gasteiger partial charge in [0.15, 0.2) is 20.7 Å². The number of carbonyl (C=O) groups is 1. The van der Waals surface area contributed by atoms with Crippen LogP contribution in [0, 0.1) is 0 Å². The molecule has 0 amide bonds. The van der Waals surface area contributed by atoms with Crippen molar-refractivity contribution < 1.29 is 31.5 Å². The van der Waals surface area contributed by atoms with Gasteiger partial charge in [0.1, 0.15) is 18.0 Å². The summed E-state index contributed by atoms with van der Waals surface area (Å²) in [6.07, 6.45) is -3.87. The second kappa shape index (κ2) is 8.59. The van der Waals surface area contributed by atoms with Crippen molar-refractivity contribution in [3.8, 4) is 11.4 Å². The Kier molecular flexibility index (Phi) is 6.80. The molecule has 29 heavy (non-hydrogen) atoms. The van der Waals surface area contributed by atoms with Gasteiger partial charge in [-0.15, -0.1) is 0 Å². The van der Waals surface area contributed by atoms with Crippen molar-refractivity contribution in [3.63, 3.8) is 0 Å². The van der Waals surface area contributed by atoms with Crippen molar-refractivity contribution in [2.24, 2.45) is 10.7 Å². The molecule has 0 spiro atoms. The van der Waals surface area contributed by atoms with E-state index in [1.807, 2.05) is 0 Å². The van der Waals surface area contributed by atoms with Crippen LogP contribution in [0.5, 0.6) is 0 Å². The van der Waals surface area contributed by atoms with Crippen molar-refractivity contribution in [2.45, 2.75) is 11.1 Å². The Hall–Kier alpha value is -2.32. The van der Waals surface area contributed by atoms with Crippen LogP contribution < -0.4 is 5.73 Å². The molecule has 8 nitrogen and oxygen atoms in total. The molecule has 156 valence electrons. The van der Waals surface area contributed by atoms with E-state index in [2.05, 4.69) is 30.3 Å². The number of hydrogen-bond donors (Lipinski definition) is 2. The summed E-state index contributed by atoms with van der Waals surface area (Å²) in [6, 6.07) is 5.66. The summed E-state index contributed by atoms with van der Waals surface area (Å²) in [7, 11) is -3.50. The minimum atomic E-state index is -4.89. The molecule has 0 aliphatic carbocycles. The molecule has 0 atom stereocenters. The third kappa shape index (κ3) is 5.83. The largest absolute Gasteiger partial charge is 0.480 e. The summed E-state index contributed by atoms with van der Waals surface area (Å²) in [6.45, 7) is -0.825. The van der Waals surface area contributed by atoms with Crippen LogP contribution in [0.25, 0.3) is 11.4 Å². The quantitative estimate of drug-likeness (QED) is 0.567. The predicted octanol–water partition coefficient (Wildman–Crippen LogP) is 2.61. The summed E-state index contributed by atoms with van der Waals surface area (Å²) in [4.78, 5) is 18.5. The molecule has 0 fully saturated rings. The molecule has 0 bridgehead atoms. The molecule has 2 aromatic rings. The Bertz CT molecular complexity index is 1110. The van der Waals surface area contributed by atoms with E-state index in [4.69, 9.17) is 10.8 Å². The van der Waals surface area contributed by atoms with Crippen molar-refractivity contribution >= 4 is 49.0 Å². The molecule has 14 heteroatoms. The van der Waals surface area contributed by atoms with E-state index >= 15 is 0 Å². The lowest BCUT2D eigenvalue weighted by Crippen LogP contribution is -2.23. The maximum Gasteiger partial charge on any atom is 0.431 e. The Morgan fingerprint density at radius 1 is 1.38 bits per heavy atom. The lowest BCUT2D eigenvalue weighted by atomic mass is 10.2. The fraction of sp³-hybridized carbons (Fsp3) is 0.200. The van der Waals surface area contributed by atoms with Crippen molar-refractivity contribution in [2.75, 3.05) is 12.8 Å². The summed E-state index contributed by atoms with van der Waals surface area (Å²) in [5.41, 5.74) is 3.44. The normalized spacial score (nSPS) is 13.9. The molecule has 3 N–H and O–H groups in total. The number of halogens is 4. The van der Waals surface area contributed by atoms with Gasteiger partial charge in [-0.25, -0.2) is 13.4 Å². The van der Waals surface area contributed by atoms with Crippen molar-refractivity contribution in [1.29, 1.82) is 0 Å². The van der Waals surface area contributed by atoms with Gasteiger partial charge in [-0.2, -0.15) is 17.5 Å². The molecule has 2 rings (SSSR count). The number of aliphatic carboxylic acids is 1. The zero-order valence-electron chi connectivity index (χ0n) is 14.4. The molecule has 0 radical (unpaired) electrons. The highest BCUT2D eigenvalue weighted by Gasteiger charge is 2.35. The lowest BCUT2D eigenvalue weighted by Gasteiger charge is -2.10. The monoisotopic (exact) mass is 512 g/mol. The number of alkyl halides is 3. The summed E-state index contributed by atoms with van der Waals surface area (Å²) in [5, 5.41) is 8.66. The highest BCUT2D eigenvalue weighted by atomic mass is 79.9. The molecule has 0 aliphatic heterocycles. The number of nitrogens with two attached hydrogens (primary N) is 1. The van der Waals surface area contributed by atoms with Gasteiger partial charge >= 0.3 is 12.1 Å². The number of nitrogens with zero attached hydrogens (tertiary/aromatic N) is 3. The van der Waals surface area contributed by atoms with E-state index in [9.17, 15) is 26.4 Å². The summed E-state index contributed by atoms with van der Waals surface area (Å²) < 4.78 is 65.5. The fourth-order valence-electron chi connectivity index (χ4n) is 1.93. The van der Waals surface area contributed by atoms with Crippen LogP contribution in [0.4, 0.5) is 13.2 Å². The minimum Gasteiger partial charge on any atom is -0.480 e. The van der Waals surface area contributed by atoms with Crippen LogP contribution in [0.3, 0.4) is 0 Å². The van der Waals surface area contributed by atoms with Crippen LogP contribution in [0.1, 0.15) is 5.01 Å². The van der Waals surface area contributed by atoms with Crippen LogP contribution in [0.2, 0.25) is 0 Å². The van der Waals surface area contributed by atoms with Crippen LogP contribution in [0.15, 0.2) is 44.3 Å². The fourth-order valence-corrected chi connectivity index (χ4v) is 3.97. The minimum absolute atomic E-state index is 0.00788. The van der Waals surface area contributed by atoms with Gasteiger partial charge < -0.3 is 10.8 Å². The van der Waals surface area contributed by atoms with Gasteiger partial charge in [0.2, 0.25) is 0 Å². The van der Waals surface area contributed by atoms with Gasteiger partial charge in [0, 0.05) is 11.8 Å². The molecule has 0 aliphatic rings. The SMILES string of the molecule is CS(=O)(=O)c1cccc(-c2nsc(C(=NCC(=O)O)C(Br)=C(N)C(F)(F)F)n2)c1. The molecule has 1 aromatic carbocycles. The number of benzene rings is 1. The maximum atomic E-state index is 12.9. The van der Waals surface area contributed by atoms with E-state index in [-0.39, 0.29) is 15.7 Å². The molecular weight excluding hydrogens is 501 g/mol. The number of aliphatic imine (C=N–C) groups is 1. The molecule has 1 aromatic heterocycles. The number of aromatic nitrogens is 2. The zero-order valence-corrected chi connectivity index (χ0v) is 17.7. The Balaban J connectivity index is 2.55. The summed E-state index contributed by atoms with van der Waals surface area (Å²) >= 11 is 3.36. The zero-order chi connectivity index (χ0) is 22.0. The Morgan fingerprint density at radius 3 is 2.59 bits per heavy atom. The van der Waals surface area contributed by atoms with Crippen LogP contribution in [-0.2, 0) is 14.6 Å². The first-order valence-electron chi connectivity index (χ1n) is 7.44. The van der Waals surface area contributed by atoms with Crippen molar-refractivity contribution in [1.82, 2.24) is 9.36 Å². The Morgan fingerprint density at radius 2 is 2.03 bits per heavy atom. The van der Waals surface area contributed by atoms with Crippen molar-refractivity contribution in [3.05, 3.63) is 39.5 Å². The number of carboxylic acid groups (broad SMARTS) is 1. The topological polar surface area (TPSA) is 136 Å². The first-order chi connectivity index (χ1) is 13.3. The van der Waals surface area contributed by atoms with Gasteiger partial charge in [-0.1, -0.05) is 12.1 Å². The Labute approximate surface area is 175 Å². The third-order valence-electron chi connectivity index (χ3n) is 3.27. The molecule has 0 saturated carbocycles. The highest BCUT2D eigenvalue weighted by molar-refractivity contribution is 9.12. The van der Waals surface area contributed by atoms with E-state index in [0.29, 0.717) is 17.1 Å². The number of sulfone groups is 1. The maximum absolute atomic E-state index is 12.9. The standard InChI is InChI=1S/C15H12BrF3N4O4S2/c1-29(26,27)8-4-2-3-7(5-8)13-22-14(28-23-13)11(21-6-9(24)25)10(16)12(20)15(17,18)19/h2-5H,6,20H2,1H3,(H,24,25). The first kappa shape index (κ1) is 23.0. The number of carboxylic acids is 1. The number of rotatable bonds is 6. The highest BCUT2D eigenvalue weighted by Crippen LogP contribution is 2.30. The number of allylic oxidation sites excluding steroid dienone is 2. The molecule has 0 unspecified atom stereocenters. The predicted molar refractivity (Wildman–Crippen MR) is 104 cm³/mol. The molecule has 1 heterocycles. The lowest BCUT2D eigenvalue weighted by molar-refractivity contribution is -0.135. The van der Waals surface area contributed by atoms with Gasteiger partial charge in [-0.05, 0) is 39.6 Å². The van der Waals surface area contributed by atoms with Gasteiger partial charge in [0.05, 0.1) is 9.38 Å². The van der Waals surface area contributed by atoms with Crippen LogP contribution in [-0.4, -0.2) is 53.5 Å². The van der Waals surface area contributed by atoms with E-state index < -0.39 is 44.4 Å². The summed E-state index contributed by atoms with van der Waals surface area (Å²) in [5.74, 6) is -1.34. The first-order valence-corrected chi connectivity index (χ1v) is 10.9. The average Bonchev–Trinajstić information content (AvgIpc) is 3.09. The average molecular weight is 513 g/mol. The van der Waals surface area contributed by atoms with Crippen LogP contribution >= 0.6 is 27.5 Å². The number of hydrogen-bond acceptors (Lipinski definition) is 8. The molecule has 0 saturated heterocycles. The second-order valence-electron chi connectivity index (χ2n) is 5.51. The van der Waals surface area contributed by atoms with Gasteiger partial charge in [-0.3, -0.25) is 9.79 Å². The smallest absolute Gasteiger partial charge is 0.431 e. The molecular formula is C15H12BrF3N4O4S2. The van der Waals surface area contributed by atoms with E-state index in [1.54, 1.807) is 0 Å². The van der Waals surface area contributed by atoms with E-state index in [0.717, 1.165) is 6.26 Å². The second-order valence-corrected chi connectivity index (χ2v) is 9.07. The van der Waals surface area contributed by atoms with E-state index in [1.165, 1.54) is 24.3 Å². The third-order valence-corrected chi connectivity index (χ3v) is 5.91. The van der Waals surface area contributed by atoms with Gasteiger partial charge in [0.25, 0.3) is 0 Å².